The molecule has 16 heavy (non-hydrogen) atoms. The van der Waals surface area contributed by atoms with Gasteiger partial charge in [0.25, 0.3) is 0 Å². The molecule has 5 nitrogen and oxygen atoms in total. The number of nitrogens with two attached hydrogens (primary N) is 1. The van der Waals surface area contributed by atoms with Gasteiger partial charge in [-0.25, -0.2) is 9.67 Å². The van der Waals surface area contributed by atoms with Crippen LogP contribution in [0.4, 0.5) is 0 Å². The van der Waals surface area contributed by atoms with Crippen LogP contribution in [0.3, 0.4) is 0 Å². The highest BCUT2D eigenvalue weighted by Crippen LogP contribution is 2.13. The molecule has 0 radical (unpaired) electrons. The Bertz CT molecular complexity index is 541. The van der Waals surface area contributed by atoms with Crippen LogP contribution in [0.25, 0.3) is 5.82 Å². The summed E-state index contributed by atoms with van der Waals surface area (Å²) in [6.45, 7) is 3.86. The van der Waals surface area contributed by atoms with E-state index >= 15 is 0 Å². The number of hydrogen-bond acceptors (Lipinski definition) is 3. The highest BCUT2D eigenvalue weighted by molar-refractivity contribution is 5.97. The van der Waals surface area contributed by atoms with Crippen molar-refractivity contribution < 1.29 is 0 Å². The fraction of sp³-hybridized carbons (Fsp3) is 0.182. The van der Waals surface area contributed by atoms with Crippen molar-refractivity contribution in [2.75, 3.05) is 0 Å². The number of pyridine rings is 1. The summed E-state index contributed by atoms with van der Waals surface area (Å²) in [5.41, 5.74) is 7.99. The largest absolute Gasteiger partial charge is 0.384 e. The van der Waals surface area contributed by atoms with Crippen molar-refractivity contribution in [2.45, 2.75) is 13.8 Å². The van der Waals surface area contributed by atoms with E-state index < -0.39 is 0 Å². The predicted octanol–water partition coefficient (Wildman–Crippen LogP) is 1.17. The lowest BCUT2D eigenvalue weighted by Crippen LogP contribution is -2.16. The summed E-state index contributed by atoms with van der Waals surface area (Å²) in [7, 11) is 0. The van der Waals surface area contributed by atoms with Crippen LogP contribution in [0, 0.1) is 19.3 Å². The van der Waals surface area contributed by atoms with Gasteiger partial charge in [-0.15, -0.1) is 0 Å². The van der Waals surface area contributed by atoms with E-state index in [0.29, 0.717) is 11.4 Å². The molecule has 0 unspecified atom stereocenters. The average molecular weight is 215 g/mol. The third kappa shape index (κ3) is 1.67. The standard InChI is InChI=1S/C11H13N5/c1-7-6-8(2)16(15-7)11-9(10(12)13)4-3-5-14-11/h3-6H,1-2H3,(H3,12,13). The first-order chi connectivity index (χ1) is 7.59. The van der Waals surface area contributed by atoms with E-state index in [1.807, 2.05) is 19.9 Å². The molecule has 3 N–H and O–H groups in total. The fourth-order valence-corrected chi connectivity index (χ4v) is 1.62. The molecule has 0 saturated heterocycles. The molecule has 0 aromatic carbocycles. The molecule has 0 bridgehead atoms. The van der Waals surface area contributed by atoms with Crippen molar-refractivity contribution in [3.63, 3.8) is 0 Å². The first-order valence-corrected chi connectivity index (χ1v) is 4.92. The lowest BCUT2D eigenvalue weighted by molar-refractivity contribution is 0.804. The molecule has 2 aromatic heterocycles. The van der Waals surface area contributed by atoms with E-state index in [2.05, 4.69) is 10.1 Å². The minimum atomic E-state index is -0.00402. The topological polar surface area (TPSA) is 80.6 Å². The molecule has 0 atom stereocenters. The Balaban J connectivity index is 2.64. The lowest BCUT2D eigenvalue weighted by Gasteiger charge is -2.08. The van der Waals surface area contributed by atoms with E-state index in [9.17, 15) is 0 Å². The Labute approximate surface area is 93.4 Å². The van der Waals surface area contributed by atoms with E-state index in [0.717, 1.165) is 11.4 Å². The van der Waals surface area contributed by atoms with E-state index in [1.165, 1.54) is 0 Å². The quantitative estimate of drug-likeness (QED) is 0.582. The summed E-state index contributed by atoms with van der Waals surface area (Å²) < 4.78 is 1.70. The van der Waals surface area contributed by atoms with Crippen LogP contribution < -0.4 is 5.73 Å². The lowest BCUT2D eigenvalue weighted by atomic mass is 10.2. The first kappa shape index (κ1) is 10.4. The summed E-state index contributed by atoms with van der Waals surface area (Å²) in [5, 5.41) is 11.8. The van der Waals surface area contributed by atoms with Gasteiger partial charge in [0, 0.05) is 11.9 Å². The molecule has 0 saturated carbocycles. The van der Waals surface area contributed by atoms with Crippen molar-refractivity contribution in [1.29, 1.82) is 5.41 Å². The molecular weight excluding hydrogens is 202 g/mol. The highest BCUT2D eigenvalue weighted by atomic mass is 15.3. The van der Waals surface area contributed by atoms with Crippen LogP contribution in [0.1, 0.15) is 17.0 Å². The van der Waals surface area contributed by atoms with Crippen LogP contribution in [-0.2, 0) is 0 Å². The maximum absolute atomic E-state index is 7.50. The molecule has 0 fully saturated rings. The summed E-state index contributed by atoms with van der Waals surface area (Å²) in [4.78, 5) is 4.22. The van der Waals surface area contributed by atoms with Crippen molar-refractivity contribution in [2.24, 2.45) is 5.73 Å². The Morgan fingerprint density at radius 1 is 1.44 bits per heavy atom. The second-order valence-electron chi connectivity index (χ2n) is 3.63. The number of aryl methyl sites for hydroxylation is 2. The normalized spacial score (nSPS) is 10.4. The summed E-state index contributed by atoms with van der Waals surface area (Å²) >= 11 is 0. The molecule has 82 valence electrons. The zero-order valence-electron chi connectivity index (χ0n) is 9.23. The second-order valence-corrected chi connectivity index (χ2v) is 3.63. The third-order valence-electron chi connectivity index (χ3n) is 2.29. The Morgan fingerprint density at radius 2 is 2.19 bits per heavy atom. The number of nitrogens with zero attached hydrogens (tertiary/aromatic N) is 3. The molecule has 2 heterocycles. The summed E-state index contributed by atoms with van der Waals surface area (Å²) in [6, 6.07) is 5.48. The Morgan fingerprint density at radius 3 is 2.75 bits per heavy atom. The predicted molar refractivity (Wildman–Crippen MR) is 61.8 cm³/mol. The number of nitrogens with one attached hydrogen (secondary N) is 1. The van der Waals surface area contributed by atoms with Crippen LogP contribution in [-0.4, -0.2) is 20.6 Å². The number of rotatable bonds is 2. The highest BCUT2D eigenvalue weighted by Gasteiger charge is 2.11. The molecule has 0 amide bonds. The number of aromatic nitrogens is 3. The summed E-state index contributed by atoms with van der Waals surface area (Å²) in [6.07, 6.45) is 1.66. The van der Waals surface area contributed by atoms with Gasteiger partial charge in [-0.3, -0.25) is 5.41 Å². The van der Waals surface area contributed by atoms with Crippen LogP contribution in [0.2, 0.25) is 0 Å². The van der Waals surface area contributed by atoms with Gasteiger partial charge in [0.1, 0.15) is 5.84 Å². The van der Waals surface area contributed by atoms with Gasteiger partial charge in [-0.05, 0) is 32.0 Å². The molecule has 0 spiro atoms. The van der Waals surface area contributed by atoms with Gasteiger partial charge in [-0.1, -0.05) is 0 Å². The number of nitrogen functional groups attached to an aromatic ring is 1. The fourth-order valence-electron chi connectivity index (χ4n) is 1.62. The van der Waals surface area contributed by atoms with Gasteiger partial charge < -0.3 is 5.73 Å². The van der Waals surface area contributed by atoms with E-state index in [1.54, 1.807) is 23.0 Å². The summed E-state index contributed by atoms with van der Waals surface area (Å²) in [5.74, 6) is 0.594. The Hall–Kier alpha value is -2.17. The van der Waals surface area contributed by atoms with Crippen molar-refractivity contribution in [3.05, 3.63) is 41.3 Å². The maximum Gasteiger partial charge on any atom is 0.164 e. The van der Waals surface area contributed by atoms with Gasteiger partial charge in [0.05, 0.1) is 11.3 Å². The van der Waals surface area contributed by atoms with Crippen LogP contribution in [0.5, 0.6) is 0 Å². The molecule has 2 aromatic rings. The second kappa shape index (κ2) is 3.77. The Kier molecular flexibility index (Phi) is 2.44. The molecule has 0 aliphatic heterocycles. The van der Waals surface area contributed by atoms with E-state index in [-0.39, 0.29) is 5.84 Å². The maximum atomic E-state index is 7.50. The minimum Gasteiger partial charge on any atom is -0.384 e. The molecule has 0 aliphatic carbocycles. The van der Waals surface area contributed by atoms with Gasteiger partial charge >= 0.3 is 0 Å². The molecule has 2 rings (SSSR count). The zero-order valence-corrected chi connectivity index (χ0v) is 9.23. The SMILES string of the molecule is Cc1cc(C)n(-c2ncccc2C(=N)N)n1. The van der Waals surface area contributed by atoms with Crippen LogP contribution in [0.15, 0.2) is 24.4 Å². The monoisotopic (exact) mass is 215 g/mol. The average Bonchev–Trinajstić information content (AvgIpc) is 2.57. The van der Waals surface area contributed by atoms with Crippen LogP contribution >= 0.6 is 0 Å². The van der Waals surface area contributed by atoms with E-state index in [4.69, 9.17) is 11.1 Å². The molecular formula is C11H13N5. The number of amidine groups is 1. The van der Waals surface area contributed by atoms with Gasteiger partial charge in [-0.2, -0.15) is 5.10 Å². The molecule has 0 aliphatic rings. The first-order valence-electron chi connectivity index (χ1n) is 4.92. The minimum absolute atomic E-state index is 0.00402. The third-order valence-corrected chi connectivity index (χ3v) is 2.29. The van der Waals surface area contributed by atoms with Gasteiger partial charge in [0.15, 0.2) is 5.82 Å². The van der Waals surface area contributed by atoms with Crippen molar-refractivity contribution >= 4 is 5.84 Å². The van der Waals surface area contributed by atoms with Crippen molar-refractivity contribution in [3.8, 4) is 5.82 Å². The zero-order chi connectivity index (χ0) is 11.7. The smallest absolute Gasteiger partial charge is 0.164 e. The van der Waals surface area contributed by atoms with Gasteiger partial charge in [0.2, 0.25) is 0 Å². The molecule has 5 heteroatoms. The van der Waals surface area contributed by atoms with Crippen molar-refractivity contribution in [1.82, 2.24) is 14.8 Å². The number of hydrogen-bond donors (Lipinski definition) is 2.